The molecule has 4 aromatic rings. The van der Waals surface area contributed by atoms with Crippen LogP contribution >= 0.6 is 0 Å². The van der Waals surface area contributed by atoms with Gasteiger partial charge < -0.3 is 9.51 Å². The summed E-state index contributed by atoms with van der Waals surface area (Å²) in [6, 6.07) is 16.1. The van der Waals surface area contributed by atoms with E-state index < -0.39 is 0 Å². The minimum Gasteiger partial charge on any atom is -0.361 e. The quantitative estimate of drug-likeness (QED) is 0.596. The van der Waals surface area contributed by atoms with Gasteiger partial charge in [0.1, 0.15) is 0 Å². The summed E-state index contributed by atoms with van der Waals surface area (Å²) in [7, 11) is 0. The lowest BCUT2D eigenvalue weighted by molar-refractivity contribution is 0.432. The van der Waals surface area contributed by atoms with Crippen molar-refractivity contribution in [2.75, 3.05) is 0 Å². The molecule has 0 aliphatic rings. The Bertz CT molecular complexity index is 903. The number of aryl methyl sites for hydroxylation is 1. The maximum atomic E-state index is 5.44. The van der Waals surface area contributed by atoms with E-state index in [4.69, 9.17) is 4.52 Å². The molecule has 0 fully saturated rings. The van der Waals surface area contributed by atoms with Gasteiger partial charge in [0.2, 0.25) is 5.82 Å². The highest BCUT2D eigenvalue weighted by atomic mass is 16.5. The van der Waals surface area contributed by atoms with Gasteiger partial charge in [0.25, 0.3) is 5.89 Å². The number of rotatable bonds is 2. The molecule has 1 N–H and O–H groups in total. The number of aromatic amines is 1. The highest BCUT2D eigenvalue weighted by molar-refractivity contribution is 5.93. The second-order valence-corrected chi connectivity index (χ2v) is 5.03. The van der Waals surface area contributed by atoms with E-state index in [1.54, 1.807) is 0 Å². The molecule has 0 radical (unpaired) electrons. The molecule has 102 valence electrons. The summed E-state index contributed by atoms with van der Waals surface area (Å²) >= 11 is 0. The van der Waals surface area contributed by atoms with Gasteiger partial charge in [-0.3, -0.25) is 0 Å². The molecule has 2 aromatic heterocycles. The van der Waals surface area contributed by atoms with Crippen LogP contribution < -0.4 is 0 Å². The molecule has 0 saturated carbocycles. The average Bonchev–Trinajstić information content (AvgIpc) is 3.16. The van der Waals surface area contributed by atoms with E-state index >= 15 is 0 Å². The Morgan fingerprint density at radius 2 is 1.86 bits per heavy atom. The molecule has 0 unspecified atom stereocenters. The van der Waals surface area contributed by atoms with Gasteiger partial charge in [0.15, 0.2) is 0 Å². The van der Waals surface area contributed by atoms with Crippen molar-refractivity contribution >= 4 is 10.9 Å². The molecule has 2 heterocycles. The molecule has 0 aliphatic heterocycles. The zero-order chi connectivity index (χ0) is 14.2. The average molecular weight is 275 g/mol. The highest BCUT2D eigenvalue weighted by Gasteiger charge is 2.13. The van der Waals surface area contributed by atoms with Crippen molar-refractivity contribution in [2.24, 2.45) is 0 Å². The molecule has 0 atom stereocenters. The van der Waals surface area contributed by atoms with Crippen molar-refractivity contribution < 1.29 is 4.52 Å². The first-order valence-corrected chi connectivity index (χ1v) is 6.78. The Labute approximate surface area is 121 Å². The zero-order valence-corrected chi connectivity index (χ0v) is 11.5. The number of hydrogen-bond acceptors (Lipinski definition) is 3. The van der Waals surface area contributed by atoms with Gasteiger partial charge in [-0.25, -0.2) is 0 Å². The predicted octanol–water partition coefficient (Wildman–Crippen LogP) is 4.19. The van der Waals surface area contributed by atoms with E-state index in [0.29, 0.717) is 11.7 Å². The lowest BCUT2D eigenvalue weighted by atomic mass is 10.1. The maximum absolute atomic E-state index is 5.44. The van der Waals surface area contributed by atoms with Crippen LogP contribution in [0, 0.1) is 6.92 Å². The summed E-state index contributed by atoms with van der Waals surface area (Å²) in [6.45, 7) is 2.05. The fourth-order valence-corrected chi connectivity index (χ4v) is 2.42. The Morgan fingerprint density at radius 1 is 1.00 bits per heavy atom. The van der Waals surface area contributed by atoms with Gasteiger partial charge in [-0.2, -0.15) is 4.98 Å². The number of H-pyrrole nitrogens is 1. The summed E-state index contributed by atoms with van der Waals surface area (Å²) in [5, 5.41) is 5.17. The number of fused-ring (bicyclic) bond motifs is 1. The van der Waals surface area contributed by atoms with Gasteiger partial charge in [-0.1, -0.05) is 41.1 Å². The van der Waals surface area contributed by atoms with Crippen molar-refractivity contribution in [3.8, 4) is 22.8 Å². The van der Waals surface area contributed by atoms with Gasteiger partial charge in [0.05, 0.1) is 0 Å². The monoisotopic (exact) mass is 275 g/mol. The first-order chi connectivity index (χ1) is 10.3. The van der Waals surface area contributed by atoms with Crippen LogP contribution in [0.25, 0.3) is 33.7 Å². The molecule has 0 spiro atoms. The van der Waals surface area contributed by atoms with E-state index in [-0.39, 0.29) is 0 Å². The molecule has 4 heteroatoms. The third-order valence-electron chi connectivity index (χ3n) is 3.56. The molecule has 0 aliphatic carbocycles. The molecule has 0 bridgehead atoms. The lowest BCUT2D eigenvalue weighted by Crippen LogP contribution is -1.82. The van der Waals surface area contributed by atoms with Crippen LogP contribution in [-0.4, -0.2) is 15.1 Å². The number of nitrogens with one attached hydrogen (secondary N) is 1. The van der Waals surface area contributed by atoms with Crippen LogP contribution in [0.3, 0.4) is 0 Å². The van der Waals surface area contributed by atoms with E-state index in [2.05, 4.69) is 22.0 Å². The maximum Gasteiger partial charge on any atom is 0.258 e. The molecule has 21 heavy (non-hydrogen) atoms. The van der Waals surface area contributed by atoms with Crippen molar-refractivity contribution in [1.29, 1.82) is 0 Å². The summed E-state index contributed by atoms with van der Waals surface area (Å²) in [4.78, 5) is 7.70. The molecule has 0 amide bonds. The zero-order valence-electron chi connectivity index (χ0n) is 11.5. The van der Waals surface area contributed by atoms with Gasteiger partial charge in [0, 0.05) is 28.2 Å². The number of benzene rings is 2. The van der Waals surface area contributed by atoms with Crippen molar-refractivity contribution in [3.63, 3.8) is 0 Å². The van der Waals surface area contributed by atoms with Gasteiger partial charge in [-0.05, 0) is 25.1 Å². The molecular weight excluding hydrogens is 262 g/mol. The normalized spacial score (nSPS) is 11.1. The first-order valence-electron chi connectivity index (χ1n) is 6.78. The van der Waals surface area contributed by atoms with Crippen molar-refractivity contribution in [1.82, 2.24) is 15.1 Å². The van der Waals surface area contributed by atoms with Crippen LogP contribution in [-0.2, 0) is 0 Å². The highest BCUT2D eigenvalue weighted by Crippen LogP contribution is 2.28. The SMILES string of the molecule is Cc1ccc(-c2noc(-c3cccc4[nH]ccc34)n2)cc1. The van der Waals surface area contributed by atoms with Gasteiger partial charge >= 0.3 is 0 Å². The second kappa shape index (κ2) is 4.59. The Balaban J connectivity index is 1.81. The van der Waals surface area contributed by atoms with E-state index in [1.165, 1.54) is 5.56 Å². The lowest BCUT2D eigenvalue weighted by Gasteiger charge is -1.96. The van der Waals surface area contributed by atoms with Gasteiger partial charge in [-0.15, -0.1) is 0 Å². The Kier molecular flexibility index (Phi) is 2.60. The topological polar surface area (TPSA) is 54.7 Å². The fraction of sp³-hybridized carbons (Fsp3) is 0.0588. The molecule has 0 saturated heterocycles. The molecule has 4 nitrogen and oxygen atoms in total. The number of nitrogens with zero attached hydrogens (tertiary/aromatic N) is 2. The predicted molar refractivity (Wildman–Crippen MR) is 81.8 cm³/mol. The molecule has 4 rings (SSSR count). The number of hydrogen-bond donors (Lipinski definition) is 1. The van der Waals surface area contributed by atoms with Crippen LogP contribution in [0.15, 0.2) is 59.3 Å². The largest absolute Gasteiger partial charge is 0.361 e. The molecular formula is C17H13N3O. The first kappa shape index (κ1) is 11.9. The third kappa shape index (κ3) is 2.01. The summed E-state index contributed by atoms with van der Waals surface area (Å²) < 4.78 is 5.44. The minimum absolute atomic E-state index is 0.538. The fourth-order valence-electron chi connectivity index (χ4n) is 2.42. The van der Waals surface area contributed by atoms with E-state index in [1.807, 2.05) is 54.7 Å². The van der Waals surface area contributed by atoms with E-state index in [0.717, 1.165) is 22.0 Å². The van der Waals surface area contributed by atoms with Crippen molar-refractivity contribution in [2.45, 2.75) is 6.92 Å². The summed E-state index contributed by atoms with van der Waals surface area (Å²) in [5.74, 6) is 1.15. The second-order valence-electron chi connectivity index (χ2n) is 5.03. The van der Waals surface area contributed by atoms with E-state index in [9.17, 15) is 0 Å². The minimum atomic E-state index is 0.538. The van der Waals surface area contributed by atoms with Crippen molar-refractivity contribution in [3.05, 3.63) is 60.3 Å². The standard InChI is InChI=1S/C17H13N3O/c1-11-5-7-12(8-6-11)16-19-17(21-20-16)14-3-2-4-15-13(14)9-10-18-15/h2-10,18H,1H3. The summed E-state index contributed by atoms with van der Waals surface area (Å²) in [5.41, 5.74) is 4.17. The third-order valence-corrected chi connectivity index (χ3v) is 3.56. The summed E-state index contributed by atoms with van der Waals surface area (Å²) in [6.07, 6.45) is 1.91. The van der Waals surface area contributed by atoms with Crippen LogP contribution in [0.4, 0.5) is 0 Å². The molecule has 2 aromatic carbocycles. The van der Waals surface area contributed by atoms with Crippen LogP contribution in [0.5, 0.6) is 0 Å². The smallest absolute Gasteiger partial charge is 0.258 e. The van der Waals surface area contributed by atoms with Crippen LogP contribution in [0.1, 0.15) is 5.56 Å². The van der Waals surface area contributed by atoms with Crippen LogP contribution in [0.2, 0.25) is 0 Å². The Morgan fingerprint density at radius 3 is 2.71 bits per heavy atom. The number of aromatic nitrogens is 3. The Hall–Kier alpha value is -2.88.